The van der Waals surface area contributed by atoms with Gasteiger partial charge in [0.1, 0.15) is 0 Å². The minimum absolute atomic E-state index is 0.289. The highest BCUT2D eigenvalue weighted by atomic mass is 32.2. The van der Waals surface area contributed by atoms with Crippen molar-refractivity contribution < 1.29 is 8.42 Å². The molecule has 1 aliphatic rings. The van der Waals surface area contributed by atoms with E-state index in [0.717, 1.165) is 41.8 Å². The van der Waals surface area contributed by atoms with Crippen LogP contribution in [0.3, 0.4) is 0 Å². The van der Waals surface area contributed by atoms with Gasteiger partial charge in [-0.25, -0.2) is 18.1 Å². The van der Waals surface area contributed by atoms with Crippen molar-refractivity contribution >= 4 is 37.3 Å². The van der Waals surface area contributed by atoms with Crippen molar-refractivity contribution in [3.63, 3.8) is 0 Å². The summed E-state index contributed by atoms with van der Waals surface area (Å²) in [7, 11) is -3.54. The maximum atomic E-state index is 12.9. The molecule has 1 aliphatic heterocycles. The number of thiazole rings is 1. The average molecular weight is 388 g/mol. The van der Waals surface area contributed by atoms with Crippen LogP contribution in [0.1, 0.15) is 12.8 Å². The summed E-state index contributed by atoms with van der Waals surface area (Å²) in [6, 6.07) is 13.0. The molecule has 0 radical (unpaired) electrons. The number of piperidine rings is 1. The molecule has 0 spiro atoms. The SMILES string of the molecule is O=S(=O)(NCC1CCCN(c2nccs2)C1)c1cccc2ccccc12. The Morgan fingerprint density at radius 1 is 1.19 bits per heavy atom. The summed E-state index contributed by atoms with van der Waals surface area (Å²) < 4.78 is 28.6. The zero-order chi connectivity index (χ0) is 18.0. The Morgan fingerprint density at radius 2 is 2.04 bits per heavy atom. The van der Waals surface area contributed by atoms with E-state index in [2.05, 4.69) is 14.6 Å². The number of nitrogens with one attached hydrogen (secondary N) is 1. The molecular formula is C19H21N3O2S2. The molecule has 0 saturated carbocycles. The van der Waals surface area contributed by atoms with E-state index in [-0.39, 0.29) is 5.92 Å². The third kappa shape index (κ3) is 3.60. The molecule has 1 N–H and O–H groups in total. The lowest BCUT2D eigenvalue weighted by Crippen LogP contribution is -2.41. The predicted molar refractivity (Wildman–Crippen MR) is 106 cm³/mol. The Hall–Kier alpha value is -1.96. The Kier molecular flexibility index (Phi) is 4.93. The van der Waals surface area contributed by atoms with Crippen molar-refractivity contribution in [1.29, 1.82) is 0 Å². The van der Waals surface area contributed by atoms with Gasteiger partial charge in [-0.3, -0.25) is 0 Å². The van der Waals surface area contributed by atoms with Crippen molar-refractivity contribution in [2.24, 2.45) is 5.92 Å². The van der Waals surface area contributed by atoms with E-state index >= 15 is 0 Å². The molecule has 2 heterocycles. The number of aromatic nitrogens is 1. The van der Waals surface area contributed by atoms with Gasteiger partial charge in [0.05, 0.1) is 4.90 Å². The van der Waals surface area contributed by atoms with Crippen molar-refractivity contribution in [2.75, 3.05) is 24.5 Å². The first kappa shape index (κ1) is 17.5. The number of anilines is 1. The first-order valence-corrected chi connectivity index (χ1v) is 11.1. The third-order valence-electron chi connectivity index (χ3n) is 4.81. The molecule has 0 bridgehead atoms. The molecule has 3 aromatic rings. The molecule has 7 heteroatoms. The van der Waals surface area contributed by atoms with Crippen LogP contribution < -0.4 is 9.62 Å². The number of fused-ring (bicyclic) bond motifs is 1. The fourth-order valence-corrected chi connectivity index (χ4v) is 5.54. The van der Waals surface area contributed by atoms with Crippen LogP contribution in [0, 0.1) is 5.92 Å². The molecular weight excluding hydrogens is 366 g/mol. The van der Waals surface area contributed by atoms with Crippen molar-refractivity contribution in [2.45, 2.75) is 17.7 Å². The molecule has 1 atom stereocenters. The Balaban J connectivity index is 1.48. The topological polar surface area (TPSA) is 62.3 Å². The van der Waals surface area contributed by atoms with Gasteiger partial charge < -0.3 is 4.90 Å². The molecule has 26 heavy (non-hydrogen) atoms. The lowest BCUT2D eigenvalue weighted by atomic mass is 9.99. The molecule has 1 unspecified atom stereocenters. The van der Waals surface area contributed by atoms with Gasteiger partial charge in [-0.05, 0) is 30.2 Å². The monoisotopic (exact) mass is 387 g/mol. The zero-order valence-electron chi connectivity index (χ0n) is 14.3. The van der Waals surface area contributed by atoms with Crippen molar-refractivity contribution in [3.05, 3.63) is 54.0 Å². The van der Waals surface area contributed by atoms with Gasteiger partial charge in [-0.15, -0.1) is 11.3 Å². The van der Waals surface area contributed by atoms with Crippen LogP contribution in [0.4, 0.5) is 5.13 Å². The smallest absolute Gasteiger partial charge is 0.241 e. The molecule has 136 valence electrons. The largest absolute Gasteiger partial charge is 0.348 e. The number of hydrogen-bond donors (Lipinski definition) is 1. The lowest BCUT2D eigenvalue weighted by Gasteiger charge is -2.32. The van der Waals surface area contributed by atoms with E-state index in [0.29, 0.717) is 11.4 Å². The number of benzene rings is 2. The molecule has 1 aromatic heterocycles. The molecule has 5 nitrogen and oxygen atoms in total. The quantitative estimate of drug-likeness (QED) is 0.728. The normalized spacial score (nSPS) is 18.3. The molecule has 2 aromatic carbocycles. The van der Waals surface area contributed by atoms with Crippen molar-refractivity contribution in [1.82, 2.24) is 9.71 Å². The van der Waals surface area contributed by atoms with Crippen LogP contribution >= 0.6 is 11.3 Å². The summed E-state index contributed by atoms with van der Waals surface area (Å²) in [5.41, 5.74) is 0. The summed E-state index contributed by atoms with van der Waals surface area (Å²) in [6.45, 7) is 2.28. The fourth-order valence-electron chi connectivity index (χ4n) is 3.51. The van der Waals surface area contributed by atoms with E-state index in [1.165, 1.54) is 0 Å². The van der Waals surface area contributed by atoms with Crippen LogP contribution in [0.15, 0.2) is 58.9 Å². The Bertz CT molecular complexity index is 982. The van der Waals surface area contributed by atoms with Gasteiger partial charge in [-0.1, -0.05) is 36.4 Å². The molecule has 1 saturated heterocycles. The van der Waals surface area contributed by atoms with Gasteiger partial charge in [0.15, 0.2) is 5.13 Å². The van der Waals surface area contributed by atoms with Gasteiger partial charge in [0.25, 0.3) is 0 Å². The first-order chi connectivity index (χ1) is 12.6. The molecule has 0 aliphatic carbocycles. The number of hydrogen-bond acceptors (Lipinski definition) is 5. The van der Waals surface area contributed by atoms with E-state index in [1.54, 1.807) is 23.5 Å². The van der Waals surface area contributed by atoms with Crippen LogP contribution in [-0.4, -0.2) is 33.0 Å². The molecule has 0 amide bonds. The standard InChI is InChI=1S/C19H21N3O2S2/c23-26(24,18-9-3-7-16-6-1-2-8-17(16)18)21-13-15-5-4-11-22(14-15)19-20-10-12-25-19/h1-3,6-10,12,15,21H,4-5,11,13-14H2. The fraction of sp³-hybridized carbons (Fsp3) is 0.316. The van der Waals surface area contributed by atoms with Crippen LogP contribution in [0.25, 0.3) is 10.8 Å². The average Bonchev–Trinajstić information content (AvgIpc) is 3.21. The minimum atomic E-state index is -3.54. The van der Waals surface area contributed by atoms with Crippen molar-refractivity contribution in [3.8, 4) is 0 Å². The van der Waals surface area contributed by atoms with Crippen LogP contribution in [-0.2, 0) is 10.0 Å². The lowest BCUT2D eigenvalue weighted by molar-refractivity contribution is 0.410. The Labute approximate surface area is 157 Å². The van der Waals surface area contributed by atoms with Gasteiger partial charge in [-0.2, -0.15) is 0 Å². The third-order valence-corrected chi connectivity index (χ3v) is 7.12. The maximum absolute atomic E-state index is 12.9. The highest BCUT2D eigenvalue weighted by molar-refractivity contribution is 7.89. The highest BCUT2D eigenvalue weighted by Gasteiger charge is 2.24. The van der Waals surface area contributed by atoms with Gasteiger partial charge in [0, 0.05) is 36.6 Å². The Morgan fingerprint density at radius 3 is 2.88 bits per heavy atom. The zero-order valence-corrected chi connectivity index (χ0v) is 16.0. The second-order valence-electron chi connectivity index (χ2n) is 6.60. The minimum Gasteiger partial charge on any atom is -0.348 e. The van der Waals surface area contributed by atoms with Gasteiger partial charge in [0.2, 0.25) is 10.0 Å². The number of sulfonamides is 1. The second kappa shape index (κ2) is 7.34. The summed E-state index contributed by atoms with van der Waals surface area (Å²) in [6.07, 6.45) is 3.90. The number of nitrogens with zero attached hydrogens (tertiary/aromatic N) is 2. The summed E-state index contributed by atoms with van der Waals surface area (Å²) in [4.78, 5) is 6.98. The van der Waals surface area contributed by atoms with Crippen LogP contribution in [0.5, 0.6) is 0 Å². The highest BCUT2D eigenvalue weighted by Crippen LogP contribution is 2.26. The van der Waals surface area contributed by atoms with Crippen LogP contribution in [0.2, 0.25) is 0 Å². The predicted octanol–water partition coefficient (Wildman–Crippen LogP) is 3.49. The summed E-state index contributed by atoms with van der Waals surface area (Å²) >= 11 is 1.63. The van der Waals surface area contributed by atoms with E-state index in [4.69, 9.17) is 0 Å². The molecule has 4 rings (SSSR count). The molecule has 1 fully saturated rings. The summed E-state index contributed by atoms with van der Waals surface area (Å²) in [5, 5.41) is 4.69. The summed E-state index contributed by atoms with van der Waals surface area (Å²) in [5.74, 6) is 0.289. The van der Waals surface area contributed by atoms with E-state index in [9.17, 15) is 8.42 Å². The maximum Gasteiger partial charge on any atom is 0.241 e. The van der Waals surface area contributed by atoms with E-state index < -0.39 is 10.0 Å². The van der Waals surface area contributed by atoms with Gasteiger partial charge >= 0.3 is 0 Å². The van der Waals surface area contributed by atoms with E-state index in [1.807, 2.05) is 41.9 Å². The first-order valence-electron chi connectivity index (χ1n) is 8.75. The number of rotatable bonds is 5. The second-order valence-corrected chi connectivity index (χ2v) is 9.21.